The number of amidine groups is 2. The van der Waals surface area contributed by atoms with Gasteiger partial charge in [-0.3, -0.25) is 10.4 Å². The highest BCUT2D eigenvalue weighted by Gasteiger charge is 2.17. The Morgan fingerprint density at radius 2 is 1.82 bits per heavy atom. The summed E-state index contributed by atoms with van der Waals surface area (Å²) in [6, 6.07) is 12.3. The van der Waals surface area contributed by atoms with Gasteiger partial charge in [0.05, 0.1) is 0 Å². The minimum absolute atomic E-state index is 0.0410. The second-order valence-corrected chi connectivity index (χ2v) is 8.05. The van der Waals surface area contributed by atoms with Crippen molar-refractivity contribution in [1.29, 1.82) is 5.41 Å². The van der Waals surface area contributed by atoms with Gasteiger partial charge in [-0.05, 0) is 67.1 Å². The van der Waals surface area contributed by atoms with Crippen molar-refractivity contribution in [2.24, 2.45) is 10.7 Å². The molecule has 5 heteroatoms. The predicted molar refractivity (Wildman–Crippen MR) is 119 cm³/mol. The first-order valence-corrected chi connectivity index (χ1v) is 9.56. The van der Waals surface area contributed by atoms with Gasteiger partial charge in [-0.1, -0.05) is 32.9 Å². The summed E-state index contributed by atoms with van der Waals surface area (Å²) >= 11 is 0. The molecular formula is C23H32N4O. The van der Waals surface area contributed by atoms with Crippen LogP contribution in [-0.2, 0) is 5.41 Å². The number of aryl methyl sites for hydroxylation is 2. The Balaban J connectivity index is 2.37. The van der Waals surface area contributed by atoms with Crippen LogP contribution < -0.4 is 15.4 Å². The molecule has 3 N–H and O–H groups in total. The van der Waals surface area contributed by atoms with Crippen molar-refractivity contribution in [3.05, 3.63) is 53.1 Å². The molecule has 0 heterocycles. The van der Waals surface area contributed by atoms with Crippen molar-refractivity contribution >= 4 is 17.4 Å². The molecule has 0 fully saturated rings. The lowest BCUT2D eigenvalue weighted by molar-refractivity contribution is 0.474. The van der Waals surface area contributed by atoms with Gasteiger partial charge < -0.3 is 15.4 Å². The average Bonchev–Trinajstić information content (AvgIpc) is 2.61. The lowest BCUT2D eigenvalue weighted by atomic mass is 9.87. The minimum Gasteiger partial charge on any atom is -0.457 e. The van der Waals surface area contributed by atoms with Gasteiger partial charge in [-0.15, -0.1) is 0 Å². The molecule has 2 aromatic rings. The minimum atomic E-state index is -0.0410. The van der Waals surface area contributed by atoms with Crippen LogP contribution in [0.25, 0.3) is 0 Å². The fraction of sp³-hybridized carbons (Fsp3) is 0.391. The Kier molecular flexibility index (Phi) is 6.49. The number of nitrogens with zero attached hydrogens (tertiary/aromatic N) is 2. The average molecular weight is 381 g/mol. The summed E-state index contributed by atoms with van der Waals surface area (Å²) in [5.74, 6) is 2.07. The van der Waals surface area contributed by atoms with E-state index in [9.17, 15) is 0 Å². The van der Waals surface area contributed by atoms with Gasteiger partial charge in [0.15, 0.2) is 11.7 Å². The van der Waals surface area contributed by atoms with Crippen LogP contribution in [-0.4, -0.2) is 25.3 Å². The second kappa shape index (κ2) is 8.46. The van der Waals surface area contributed by atoms with E-state index in [4.69, 9.17) is 15.9 Å². The molecule has 0 aliphatic heterocycles. The number of nitrogens with one attached hydrogen (secondary N) is 1. The third-order valence-electron chi connectivity index (χ3n) is 4.65. The van der Waals surface area contributed by atoms with Crippen LogP contribution in [0.2, 0.25) is 0 Å². The Morgan fingerprint density at radius 1 is 1.14 bits per heavy atom. The van der Waals surface area contributed by atoms with E-state index >= 15 is 0 Å². The molecule has 0 radical (unpaired) electrons. The molecule has 2 aromatic carbocycles. The van der Waals surface area contributed by atoms with E-state index in [0.717, 1.165) is 28.3 Å². The summed E-state index contributed by atoms with van der Waals surface area (Å²) in [6.07, 6.45) is 0. The summed E-state index contributed by atoms with van der Waals surface area (Å²) in [5, 5.41) is 7.80. The first kappa shape index (κ1) is 21.5. The third kappa shape index (κ3) is 4.91. The van der Waals surface area contributed by atoms with Crippen LogP contribution >= 0.6 is 0 Å². The van der Waals surface area contributed by atoms with E-state index < -0.39 is 0 Å². The molecular weight excluding hydrogens is 348 g/mol. The molecule has 0 aliphatic rings. The fourth-order valence-corrected chi connectivity index (χ4v) is 3.03. The van der Waals surface area contributed by atoms with E-state index in [2.05, 4.69) is 37.9 Å². The molecule has 0 unspecified atom stereocenters. The first-order valence-electron chi connectivity index (χ1n) is 9.56. The van der Waals surface area contributed by atoms with E-state index in [0.29, 0.717) is 12.4 Å². The van der Waals surface area contributed by atoms with E-state index in [1.165, 1.54) is 5.56 Å². The van der Waals surface area contributed by atoms with Crippen LogP contribution in [0.4, 0.5) is 5.69 Å². The molecule has 0 saturated carbocycles. The van der Waals surface area contributed by atoms with Gasteiger partial charge in [0.25, 0.3) is 0 Å². The lowest BCUT2D eigenvalue weighted by Gasteiger charge is -2.24. The third-order valence-corrected chi connectivity index (χ3v) is 4.65. The van der Waals surface area contributed by atoms with Crippen LogP contribution in [0.3, 0.4) is 0 Å². The molecule has 0 bridgehead atoms. The Bertz CT molecular complexity index is 894. The molecule has 150 valence electrons. The standard InChI is InChI=1S/C23H32N4O/c1-8-26-22(21(24)25)27(7)19-12-16(3)20(13-15(19)2)28-18-11-9-10-17(14-18)23(4,5)6/h9-14H,8H2,1-7H3,(H3,24,25). The zero-order valence-corrected chi connectivity index (χ0v) is 18.1. The Morgan fingerprint density at radius 3 is 2.39 bits per heavy atom. The zero-order valence-electron chi connectivity index (χ0n) is 18.1. The molecule has 28 heavy (non-hydrogen) atoms. The van der Waals surface area contributed by atoms with Gasteiger partial charge in [-0.2, -0.15) is 0 Å². The molecule has 0 atom stereocenters. The van der Waals surface area contributed by atoms with Crippen molar-refractivity contribution in [3.8, 4) is 11.5 Å². The number of nitrogens with two attached hydrogens (primary N) is 1. The lowest BCUT2D eigenvalue weighted by Crippen LogP contribution is -2.38. The fourth-order valence-electron chi connectivity index (χ4n) is 3.03. The summed E-state index contributed by atoms with van der Waals surface area (Å²) in [7, 11) is 1.88. The maximum absolute atomic E-state index is 7.80. The van der Waals surface area contributed by atoms with Crippen LogP contribution in [0.5, 0.6) is 11.5 Å². The summed E-state index contributed by atoms with van der Waals surface area (Å²) in [4.78, 5) is 6.21. The molecule has 0 amide bonds. The van der Waals surface area contributed by atoms with Gasteiger partial charge in [0, 0.05) is 19.3 Å². The number of rotatable bonds is 4. The maximum Gasteiger partial charge on any atom is 0.170 e. The maximum atomic E-state index is 7.80. The van der Waals surface area contributed by atoms with E-state index in [-0.39, 0.29) is 11.3 Å². The van der Waals surface area contributed by atoms with Crippen molar-refractivity contribution < 1.29 is 4.74 Å². The summed E-state index contributed by atoms with van der Waals surface area (Å²) in [6.45, 7) is 13.1. The van der Waals surface area contributed by atoms with Crippen LogP contribution in [0, 0.1) is 19.3 Å². The van der Waals surface area contributed by atoms with Crippen molar-refractivity contribution in [2.75, 3.05) is 18.5 Å². The number of benzene rings is 2. The van der Waals surface area contributed by atoms with E-state index in [1.807, 2.05) is 57.0 Å². The number of hydrogen-bond donors (Lipinski definition) is 2. The highest BCUT2D eigenvalue weighted by atomic mass is 16.5. The van der Waals surface area contributed by atoms with Crippen LogP contribution in [0.15, 0.2) is 41.4 Å². The predicted octanol–water partition coefficient (Wildman–Crippen LogP) is 5.18. The topological polar surface area (TPSA) is 74.7 Å². The van der Waals surface area contributed by atoms with E-state index in [1.54, 1.807) is 0 Å². The highest BCUT2D eigenvalue weighted by molar-refractivity contribution is 6.43. The van der Waals surface area contributed by atoms with Gasteiger partial charge in [0.1, 0.15) is 11.5 Å². The Labute approximate surface area is 168 Å². The zero-order chi connectivity index (χ0) is 21.1. The smallest absolute Gasteiger partial charge is 0.170 e. The molecule has 2 rings (SSSR count). The first-order chi connectivity index (χ1) is 13.0. The van der Waals surface area contributed by atoms with Crippen molar-refractivity contribution in [3.63, 3.8) is 0 Å². The second-order valence-electron chi connectivity index (χ2n) is 8.05. The number of ether oxygens (including phenoxy) is 1. The van der Waals surface area contributed by atoms with Crippen molar-refractivity contribution in [1.82, 2.24) is 0 Å². The molecule has 0 spiro atoms. The highest BCUT2D eigenvalue weighted by Crippen LogP contribution is 2.33. The molecule has 0 aromatic heterocycles. The molecule has 5 nitrogen and oxygen atoms in total. The number of hydrogen-bond acceptors (Lipinski definition) is 3. The van der Waals surface area contributed by atoms with Crippen LogP contribution in [0.1, 0.15) is 44.4 Å². The molecule has 0 aliphatic carbocycles. The van der Waals surface area contributed by atoms with Crippen molar-refractivity contribution in [2.45, 2.75) is 47.0 Å². The Hall–Kier alpha value is -2.82. The number of aliphatic imine (C=N–C) groups is 1. The quantitative estimate of drug-likeness (QED) is 0.566. The normalized spacial score (nSPS) is 12.0. The molecule has 0 saturated heterocycles. The van der Waals surface area contributed by atoms with Gasteiger partial charge >= 0.3 is 0 Å². The number of likely N-dealkylation sites (N-methyl/N-ethyl adjacent to an activating group) is 1. The summed E-state index contributed by atoms with van der Waals surface area (Å²) < 4.78 is 6.20. The monoisotopic (exact) mass is 380 g/mol. The SMILES string of the molecule is CCN=C(C(=N)N)N(C)c1cc(C)c(Oc2cccc(C(C)(C)C)c2)cc1C. The van der Waals surface area contributed by atoms with Gasteiger partial charge in [-0.25, -0.2) is 0 Å². The number of anilines is 1. The summed E-state index contributed by atoms with van der Waals surface area (Å²) in [5.41, 5.74) is 10.0. The van der Waals surface area contributed by atoms with Gasteiger partial charge in [0.2, 0.25) is 0 Å². The largest absolute Gasteiger partial charge is 0.457 e.